The number of hydrogen-bond donors (Lipinski definition) is 3. The normalized spacial score (nSPS) is 46.5. The standard InChI is InChI=1S/C24H36O5/c1-23-10-5-7-16(23)15-9-8-14-12-18(26)20(22(28)29)17(6-3-4-11-25)24(14,2)21(15)19(27)13-23/h12,15-17,19-21,25,27H,3-11,13H2,1-2H3,(H,28,29)/t15-,16-,17?,19?,20?,21-,23-,24+/m0/s1. The van der Waals surface area contributed by atoms with Gasteiger partial charge in [-0.3, -0.25) is 9.59 Å². The third kappa shape index (κ3) is 3.11. The van der Waals surface area contributed by atoms with Gasteiger partial charge < -0.3 is 15.3 Å². The number of aliphatic hydroxyl groups excluding tert-OH is 2. The Kier molecular flexibility index (Phi) is 5.44. The van der Waals surface area contributed by atoms with E-state index in [0.29, 0.717) is 31.1 Å². The second-order valence-corrected chi connectivity index (χ2v) is 10.6. The largest absolute Gasteiger partial charge is 0.481 e. The highest BCUT2D eigenvalue weighted by atomic mass is 16.4. The zero-order valence-electron chi connectivity index (χ0n) is 17.8. The highest BCUT2D eigenvalue weighted by Crippen LogP contribution is 2.67. The Bertz CT molecular complexity index is 714. The van der Waals surface area contributed by atoms with Gasteiger partial charge in [0.15, 0.2) is 5.78 Å². The Morgan fingerprint density at radius 3 is 2.69 bits per heavy atom. The molecular formula is C24H36O5. The number of aliphatic carboxylic acids is 1. The zero-order valence-corrected chi connectivity index (χ0v) is 17.8. The molecule has 0 aromatic rings. The number of fused-ring (bicyclic) bond motifs is 5. The number of allylic oxidation sites excluding steroid dienone is 1. The summed E-state index contributed by atoms with van der Waals surface area (Å²) in [6.45, 7) is 4.55. The topological polar surface area (TPSA) is 94.8 Å². The second kappa shape index (κ2) is 7.49. The maximum absolute atomic E-state index is 12.8. The summed E-state index contributed by atoms with van der Waals surface area (Å²) < 4.78 is 0. The molecule has 162 valence electrons. The van der Waals surface area contributed by atoms with Crippen LogP contribution in [0.5, 0.6) is 0 Å². The number of ketones is 1. The summed E-state index contributed by atoms with van der Waals surface area (Å²) >= 11 is 0. The van der Waals surface area contributed by atoms with Crippen molar-refractivity contribution in [3.8, 4) is 0 Å². The molecule has 0 saturated heterocycles. The van der Waals surface area contributed by atoms with E-state index < -0.39 is 23.4 Å². The lowest BCUT2D eigenvalue weighted by Gasteiger charge is -2.61. The molecule has 4 rings (SSSR count). The number of unbranched alkanes of at least 4 members (excludes halogenated alkanes) is 1. The molecular weight excluding hydrogens is 368 g/mol. The van der Waals surface area contributed by atoms with Gasteiger partial charge in [0.05, 0.1) is 6.10 Å². The maximum Gasteiger partial charge on any atom is 0.314 e. The summed E-state index contributed by atoms with van der Waals surface area (Å²) in [7, 11) is 0. The van der Waals surface area contributed by atoms with E-state index >= 15 is 0 Å². The summed E-state index contributed by atoms with van der Waals surface area (Å²) in [4.78, 5) is 24.9. The number of carbonyl (C=O) groups excluding carboxylic acids is 1. The van der Waals surface area contributed by atoms with Crippen LogP contribution in [0.2, 0.25) is 0 Å². The molecule has 4 aliphatic rings. The lowest BCUT2D eigenvalue weighted by Crippen LogP contribution is -2.60. The van der Waals surface area contributed by atoms with Crippen LogP contribution in [0.1, 0.15) is 71.6 Å². The van der Waals surface area contributed by atoms with Crippen molar-refractivity contribution in [3.63, 3.8) is 0 Å². The van der Waals surface area contributed by atoms with Crippen LogP contribution in [-0.2, 0) is 9.59 Å². The van der Waals surface area contributed by atoms with Crippen LogP contribution in [0, 0.1) is 40.4 Å². The number of carboxylic acid groups (broad SMARTS) is 1. The van der Waals surface area contributed by atoms with Gasteiger partial charge in [-0.25, -0.2) is 0 Å². The first-order valence-corrected chi connectivity index (χ1v) is 11.5. The summed E-state index contributed by atoms with van der Waals surface area (Å²) in [6.07, 6.45) is 9.31. The number of aliphatic hydroxyl groups is 2. The molecule has 0 radical (unpaired) electrons. The van der Waals surface area contributed by atoms with Crippen LogP contribution < -0.4 is 0 Å². The van der Waals surface area contributed by atoms with Crippen LogP contribution in [0.3, 0.4) is 0 Å². The zero-order chi connectivity index (χ0) is 21.0. The third-order valence-electron chi connectivity index (χ3n) is 9.34. The Balaban J connectivity index is 1.77. The summed E-state index contributed by atoms with van der Waals surface area (Å²) in [6, 6.07) is 0. The average Bonchev–Trinajstić information content (AvgIpc) is 3.03. The highest BCUT2D eigenvalue weighted by Gasteiger charge is 2.63. The molecule has 0 amide bonds. The van der Waals surface area contributed by atoms with E-state index in [2.05, 4.69) is 13.8 Å². The molecule has 0 aliphatic heterocycles. The Hall–Kier alpha value is -1.20. The van der Waals surface area contributed by atoms with Gasteiger partial charge in [-0.15, -0.1) is 0 Å². The van der Waals surface area contributed by atoms with E-state index in [-0.39, 0.29) is 29.6 Å². The smallest absolute Gasteiger partial charge is 0.314 e. The quantitative estimate of drug-likeness (QED) is 0.481. The molecule has 0 heterocycles. The first kappa shape index (κ1) is 21.0. The first-order valence-electron chi connectivity index (χ1n) is 11.5. The Labute approximate surface area is 173 Å². The fraction of sp³-hybridized carbons (Fsp3) is 0.833. The molecule has 0 bridgehead atoms. The van der Waals surface area contributed by atoms with Gasteiger partial charge in [-0.05, 0) is 85.5 Å². The molecule has 0 aromatic heterocycles. The van der Waals surface area contributed by atoms with Crippen molar-refractivity contribution < 1.29 is 24.9 Å². The summed E-state index contributed by atoms with van der Waals surface area (Å²) in [5.74, 6) is -1.66. The fourth-order valence-electron chi connectivity index (χ4n) is 8.17. The van der Waals surface area contributed by atoms with E-state index in [1.807, 2.05) is 0 Å². The maximum atomic E-state index is 12.8. The minimum absolute atomic E-state index is 0.0211. The molecule has 0 aromatic carbocycles. The van der Waals surface area contributed by atoms with Crippen molar-refractivity contribution in [2.75, 3.05) is 6.61 Å². The Morgan fingerprint density at radius 1 is 1.24 bits per heavy atom. The van der Waals surface area contributed by atoms with Crippen molar-refractivity contribution in [3.05, 3.63) is 11.6 Å². The van der Waals surface area contributed by atoms with Gasteiger partial charge in [-0.1, -0.05) is 32.3 Å². The van der Waals surface area contributed by atoms with Crippen molar-refractivity contribution in [1.29, 1.82) is 0 Å². The van der Waals surface area contributed by atoms with Crippen molar-refractivity contribution >= 4 is 11.8 Å². The number of hydrogen-bond acceptors (Lipinski definition) is 4. The van der Waals surface area contributed by atoms with Gasteiger partial charge in [0.1, 0.15) is 5.92 Å². The van der Waals surface area contributed by atoms with Crippen LogP contribution in [-0.4, -0.2) is 39.8 Å². The highest BCUT2D eigenvalue weighted by molar-refractivity contribution is 6.06. The monoisotopic (exact) mass is 404 g/mol. The minimum Gasteiger partial charge on any atom is -0.481 e. The third-order valence-corrected chi connectivity index (χ3v) is 9.34. The lowest BCUT2D eigenvalue weighted by atomic mass is 9.43. The van der Waals surface area contributed by atoms with E-state index in [1.165, 1.54) is 19.3 Å². The molecule has 8 atom stereocenters. The van der Waals surface area contributed by atoms with Gasteiger partial charge in [0.2, 0.25) is 0 Å². The molecule has 0 spiro atoms. The van der Waals surface area contributed by atoms with Gasteiger partial charge >= 0.3 is 5.97 Å². The van der Waals surface area contributed by atoms with Crippen LogP contribution >= 0.6 is 0 Å². The van der Waals surface area contributed by atoms with Gasteiger partial charge in [0, 0.05) is 6.61 Å². The van der Waals surface area contributed by atoms with Crippen molar-refractivity contribution in [2.45, 2.75) is 77.7 Å². The number of rotatable bonds is 5. The molecule has 5 heteroatoms. The van der Waals surface area contributed by atoms with Crippen LogP contribution in [0.25, 0.3) is 0 Å². The molecule has 5 nitrogen and oxygen atoms in total. The van der Waals surface area contributed by atoms with E-state index in [0.717, 1.165) is 24.8 Å². The molecule has 3 unspecified atom stereocenters. The average molecular weight is 405 g/mol. The fourth-order valence-corrected chi connectivity index (χ4v) is 8.17. The van der Waals surface area contributed by atoms with Gasteiger partial charge in [0.25, 0.3) is 0 Å². The van der Waals surface area contributed by atoms with E-state index in [1.54, 1.807) is 6.08 Å². The van der Waals surface area contributed by atoms with Crippen LogP contribution in [0.15, 0.2) is 11.6 Å². The van der Waals surface area contributed by atoms with Gasteiger partial charge in [-0.2, -0.15) is 0 Å². The predicted octanol–water partition coefficient (Wildman–Crippen LogP) is 3.58. The molecule has 4 aliphatic carbocycles. The summed E-state index contributed by atoms with van der Waals surface area (Å²) in [5.41, 5.74) is 0.802. The summed E-state index contributed by atoms with van der Waals surface area (Å²) in [5, 5.41) is 30.6. The molecule has 3 N–H and O–H groups in total. The molecule has 3 saturated carbocycles. The lowest BCUT2D eigenvalue weighted by molar-refractivity contribution is -0.163. The Morgan fingerprint density at radius 2 is 2.00 bits per heavy atom. The second-order valence-electron chi connectivity index (χ2n) is 10.6. The minimum atomic E-state index is -1.04. The molecule has 3 fully saturated rings. The number of carboxylic acids is 1. The predicted molar refractivity (Wildman–Crippen MR) is 109 cm³/mol. The van der Waals surface area contributed by atoms with E-state index in [4.69, 9.17) is 0 Å². The SMILES string of the molecule is C[C@@]12CCC[C@H]1[C@@H]1CCC3=CC(=O)C(C(=O)O)C(CCCCO)[C@]3(C)[C@@H]1C(O)C2. The number of carbonyl (C=O) groups is 2. The first-order chi connectivity index (χ1) is 13.7. The van der Waals surface area contributed by atoms with E-state index in [9.17, 15) is 24.9 Å². The van der Waals surface area contributed by atoms with Crippen molar-refractivity contribution in [2.24, 2.45) is 40.4 Å². The van der Waals surface area contributed by atoms with Crippen LogP contribution in [0.4, 0.5) is 0 Å². The molecule has 29 heavy (non-hydrogen) atoms. The van der Waals surface area contributed by atoms with Crippen molar-refractivity contribution in [1.82, 2.24) is 0 Å².